The first-order valence-corrected chi connectivity index (χ1v) is 6.16. The number of esters is 1. The molecule has 1 aromatic rings. The molecule has 1 rings (SSSR count). The minimum absolute atomic E-state index is 0.0377. The van der Waals surface area contributed by atoms with Gasteiger partial charge in [-0.1, -0.05) is 6.07 Å². The van der Waals surface area contributed by atoms with E-state index >= 15 is 0 Å². The molecule has 0 heterocycles. The van der Waals surface area contributed by atoms with E-state index in [0.717, 1.165) is 0 Å². The minimum atomic E-state index is -0.616. The highest BCUT2D eigenvalue weighted by Gasteiger charge is 2.09. The maximum absolute atomic E-state index is 11.5. The van der Waals surface area contributed by atoms with Crippen LogP contribution in [0.2, 0.25) is 0 Å². The molecule has 0 aliphatic heterocycles. The minimum Gasteiger partial charge on any atom is -0.484 e. The third kappa shape index (κ3) is 5.51. The lowest BCUT2D eigenvalue weighted by Gasteiger charge is -2.10. The maximum Gasteiger partial charge on any atom is 0.338 e. The summed E-state index contributed by atoms with van der Waals surface area (Å²) in [5.41, 5.74) is 0.258. The van der Waals surface area contributed by atoms with Gasteiger partial charge in [0.05, 0.1) is 5.56 Å². The Bertz CT molecular complexity index is 484. The predicted octanol–water partition coefficient (Wildman–Crippen LogP) is 0.946. The highest BCUT2D eigenvalue weighted by atomic mass is 16.5. The van der Waals surface area contributed by atoms with Crippen molar-refractivity contribution >= 4 is 18.2 Å². The molecule has 0 saturated carbocycles. The van der Waals surface area contributed by atoms with E-state index in [9.17, 15) is 14.4 Å². The normalized spacial score (nSPS) is 9.95. The second-order valence-corrected chi connectivity index (χ2v) is 4.30. The van der Waals surface area contributed by atoms with Crippen molar-refractivity contribution in [1.82, 2.24) is 5.32 Å². The summed E-state index contributed by atoms with van der Waals surface area (Å²) in [6.45, 7) is 3.27. The van der Waals surface area contributed by atoms with Gasteiger partial charge in [-0.05, 0) is 32.0 Å². The highest BCUT2D eigenvalue weighted by Crippen LogP contribution is 2.14. The molecule has 0 aliphatic carbocycles. The molecule has 0 spiro atoms. The van der Waals surface area contributed by atoms with Crippen molar-refractivity contribution in [2.24, 2.45) is 0 Å². The van der Waals surface area contributed by atoms with Crippen LogP contribution >= 0.6 is 0 Å². The van der Waals surface area contributed by atoms with E-state index < -0.39 is 5.97 Å². The molecular formula is C14H17NO5. The molecule has 0 aromatic heterocycles. The summed E-state index contributed by atoms with van der Waals surface area (Å²) in [6.07, 6.45) is 0.495. The van der Waals surface area contributed by atoms with Crippen molar-refractivity contribution in [2.45, 2.75) is 19.9 Å². The molecular weight excluding hydrogens is 262 g/mol. The van der Waals surface area contributed by atoms with Crippen LogP contribution in [0.4, 0.5) is 0 Å². The van der Waals surface area contributed by atoms with E-state index in [1.165, 1.54) is 12.1 Å². The van der Waals surface area contributed by atoms with Crippen LogP contribution < -0.4 is 10.1 Å². The highest BCUT2D eigenvalue weighted by molar-refractivity contribution is 5.90. The first-order valence-electron chi connectivity index (χ1n) is 6.16. The van der Waals surface area contributed by atoms with Gasteiger partial charge in [-0.15, -0.1) is 0 Å². The molecule has 1 amide bonds. The number of aldehydes is 1. The quantitative estimate of drug-likeness (QED) is 0.593. The Morgan fingerprint density at radius 3 is 2.75 bits per heavy atom. The second-order valence-electron chi connectivity index (χ2n) is 4.30. The Kier molecular flexibility index (Phi) is 6.22. The lowest BCUT2D eigenvalue weighted by molar-refractivity contribution is -0.123. The van der Waals surface area contributed by atoms with Crippen LogP contribution in [0.15, 0.2) is 24.3 Å². The van der Waals surface area contributed by atoms with Crippen molar-refractivity contribution < 1.29 is 23.9 Å². The number of ether oxygens (including phenoxy) is 2. The van der Waals surface area contributed by atoms with Gasteiger partial charge in [-0.3, -0.25) is 9.59 Å². The molecule has 0 unspecified atom stereocenters. The Morgan fingerprint density at radius 1 is 1.35 bits per heavy atom. The summed E-state index contributed by atoms with van der Waals surface area (Å²) in [5.74, 6) is -0.479. The van der Waals surface area contributed by atoms with Crippen LogP contribution in [0.5, 0.6) is 5.75 Å². The van der Waals surface area contributed by atoms with E-state index in [4.69, 9.17) is 4.74 Å². The van der Waals surface area contributed by atoms with Crippen LogP contribution in [0.1, 0.15) is 24.2 Å². The van der Waals surface area contributed by atoms with Gasteiger partial charge in [0.15, 0.2) is 12.9 Å². The molecule has 6 heteroatoms. The van der Waals surface area contributed by atoms with Gasteiger partial charge >= 0.3 is 5.97 Å². The van der Waals surface area contributed by atoms with Gasteiger partial charge in [0.2, 0.25) is 0 Å². The summed E-state index contributed by atoms with van der Waals surface area (Å²) in [4.78, 5) is 33.1. The predicted molar refractivity (Wildman–Crippen MR) is 71.6 cm³/mol. The van der Waals surface area contributed by atoms with Gasteiger partial charge in [0.1, 0.15) is 12.4 Å². The summed E-state index contributed by atoms with van der Waals surface area (Å²) in [7, 11) is 0. The molecule has 0 radical (unpaired) electrons. The number of nitrogens with one attached hydrogen (secondary N) is 1. The van der Waals surface area contributed by atoms with Gasteiger partial charge in [-0.25, -0.2) is 4.79 Å². The molecule has 0 fully saturated rings. The molecule has 108 valence electrons. The van der Waals surface area contributed by atoms with E-state index in [1.54, 1.807) is 12.1 Å². The lowest BCUT2D eigenvalue weighted by Crippen LogP contribution is -2.34. The molecule has 0 saturated heterocycles. The van der Waals surface area contributed by atoms with E-state index in [1.807, 2.05) is 13.8 Å². The topological polar surface area (TPSA) is 81.7 Å². The number of rotatable bonds is 7. The van der Waals surface area contributed by atoms with Crippen molar-refractivity contribution in [3.8, 4) is 5.75 Å². The van der Waals surface area contributed by atoms with Gasteiger partial charge in [0.25, 0.3) is 5.91 Å². The number of hydrogen-bond acceptors (Lipinski definition) is 5. The summed E-state index contributed by atoms with van der Waals surface area (Å²) < 4.78 is 9.94. The van der Waals surface area contributed by atoms with E-state index in [2.05, 4.69) is 10.1 Å². The fraction of sp³-hybridized carbons (Fsp3) is 0.357. The average molecular weight is 279 g/mol. The van der Waals surface area contributed by atoms with Crippen LogP contribution in [-0.4, -0.2) is 37.4 Å². The zero-order valence-electron chi connectivity index (χ0n) is 11.4. The number of carbonyl (C=O) groups excluding carboxylic acids is 3. The first-order chi connectivity index (χ1) is 9.52. The molecule has 0 bridgehead atoms. The number of carbonyl (C=O) groups is 3. The van der Waals surface area contributed by atoms with Gasteiger partial charge < -0.3 is 14.8 Å². The fourth-order valence-corrected chi connectivity index (χ4v) is 1.42. The molecule has 0 aliphatic rings. The number of amides is 1. The van der Waals surface area contributed by atoms with Crippen molar-refractivity contribution in [1.29, 1.82) is 0 Å². The monoisotopic (exact) mass is 279 g/mol. The summed E-state index contributed by atoms with van der Waals surface area (Å²) >= 11 is 0. The molecule has 1 N–H and O–H groups in total. The summed E-state index contributed by atoms with van der Waals surface area (Å²) in [6, 6.07) is 6.26. The van der Waals surface area contributed by atoms with Crippen LogP contribution in [0.3, 0.4) is 0 Å². The Hall–Kier alpha value is -2.37. The third-order valence-corrected chi connectivity index (χ3v) is 2.17. The Labute approximate surface area is 117 Å². The Morgan fingerprint density at radius 2 is 2.10 bits per heavy atom. The van der Waals surface area contributed by atoms with Crippen LogP contribution in [0, 0.1) is 0 Å². The molecule has 0 atom stereocenters. The van der Waals surface area contributed by atoms with Crippen LogP contribution in [0.25, 0.3) is 0 Å². The first kappa shape index (κ1) is 15.7. The zero-order chi connectivity index (χ0) is 15.0. The van der Waals surface area contributed by atoms with Crippen molar-refractivity contribution in [3.63, 3.8) is 0 Å². The number of hydrogen-bond donors (Lipinski definition) is 1. The lowest BCUT2D eigenvalue weighted by atomic mass is 10.2. The fourth-order valence-electron chi connectivity index (χ4n) is 1.42. The largest absolute Gasteiger partial charge is 0.484 e. The average Bonchev–Trinajstić information content (AvgIpc) is 2.42. The SMILES string of the molecule is CC(C)NC(=O)COc1cccc(C(=O)OCC=O)c1. The van der Waals surface area contributed by atoms with Crippen LogP contribution in [-0.2, 0) is 14.3 Å². The van der Waals surface area contributed by atoms with Gasteiger partial charge in [0, 0.05) is 6.04 Å². The van der Waals surface area contributed by atoms with Crippen molar-refractivity contribution in [2.75, 3.05) is 13.2 Å². The van der Waals surface area contributed by atoms with Crippen molar-refractivity contribution in [3.05, 3.63) is 29.8 Å². The maximum atomic E-state index is 11.5. The standard InChI is InChI=1S/C14H17NO5/c1-10(2)15-13(17)9-20-12-5-3-4-11(8-12)14(18)19-7-6-16/h3-6,8,10H,7,9H2,1-2H3,(H,15,17). The van der Waals surface area contributed by atoms with E-state index in [-0.39, 0.29) is 30.7 Å². The molecule has 1 aromatic carbocycles. The Balaban J connectivity index is 2.57. The number of benzene rings is 1. The molecule has 6 nitrogen and oxygen atoms in total. The van der Waals surface area contributed by atoms with Gasteiger partial charge in [-0.2, -0.15) is 0 Å². The summed E-state index contributed by atoms with van der Waals surface area (Å²) in [5, 5.41) is 2.68. The second kappa shape index (κ2) is 7.93. The zero-order valence-corrected chi connectivity index (χ0v) is 11.4. The van der Waals surface area contributed by atoms with E-state index in [0.29, 0.717) is 12.0 Å². The smallest absolute Gasteiger partial charge is 0.338 e. The third-order valence-electron chi connectivity index (χ3n) is 2.17. The molecule has 20 heavy (non-hydrogen) atoms.